The van der Waals surface area contributed by atoms with Crippen molar-refractivity contribution in [1.29, 1.82) is 0 Å². The van der Waals surface area contributed by atoms with E-state index in [1.807, 2.05) is 11.3 Å². The minimum atomic E-state index is 0.142. The van der Waals surface area contributed by atoms with Gasteiger partial charge < -0.3 is 5.32 Å². The summed E-state index contributed by atoms with van der Waals surface area (Å²) in [7, 11) is 0. The molecule has 0 saturated heterocycles. The van der Waals surface area contributed by atoms with Crippen LogP contribution in [-0.2, 0) is 5.54 Å². The summed E-state index contributed by atoms with van der Waals surface area (Å²) in [5, 5.41) is 7.35. The van der Waals surface area contributed by atoms with Crippen LogP contribution in [0.3, 0.4) is 0 Å². The van der Waals surface area contributed by atoms with Gasteiger partial charge in [0.2, 0.25) is 0 Å². The first kappa shape index (κ1) is 15.0. The molecular weight excluding hydrogens is 252 g/mol. The summed E-state index contributed by atoms with van der Waals surface area (Å²) in [5.74, 6) is 0. The molecule has 0 spiro atoms. The summed E-state index contributed by atoms with van der Waals surface area (Å²) in [6, 6.07) is 0. The van der Waals surface area contributed by atoms with Crippen molar-refractivity contribution in [3.63, 3.8) is 0 Å². The van der Waals surface area contributed by atoms with Crippen LogP contribution < -0.4 is 5.32 Å². The first-order valence-electron chi connectivity index (χ1n) is 7.65. The first-order chi connectivity index (χ1) is 8.97. The molecule has 2 rings (SSSR count). The van der Waals surface area contributed by atoms with Gasteiger partial charge in [0.1, 0.15) is 5.01 Å². The van der Waals surface area contributed by atoms with Gasteiger partial charge >= 0.3 is 0 Å². The fourth-order valence-corrected chi connectivity index (χ4v) is 4.11. The number of hydrogen-bond donors (Lipinski definition) is 1. The molecule has 3 heteroatoms. The van der Waals surface area contributed by atoms with E-state index in [9.17, 15) is 0 Å². The van der Waals surface area contributed by atoms with Crippen molar-refractivity contribution in [2.45, 2.75) is 71.8 Å². The Morgan fingerprint density at radius 2 is 2.05 bits per heavy atom. The van der Waals surface area contributed by atoms with Crippen LogP contribution in [0.5, 0.6) is 0 Å². The molecule has 2 nitrogen and oxygen atoms in total. The van der Waals surface area contributed by atoms with Crippen LogP contribution in [0, 0.1) is 12.3 Å². The summed E-state index contributed by atoms with van der Waals surface area (Å²) < 4.78 is 0. The van der Waals surface area contributed by atoms with Gasteiger partial charge in [-0.15, -0.1) is 11.3 Å². The van der Waals surface area contributed by atoms with E-state index in [0.717, 1.165) is 6.54 Å². The molecule has 1 atom stereocenters. The molecule has 0 radical (unpaired) electrons. The molecule has 1 aromatic rings. The Kier molecular flexibility index (Phi) is 4.67. The Balaban J connectivity index is 2.24. The lowest BCUT2D eigenvalue weighted by molar-refractivity contribution is 0.264. The number of aryl methyl sites for hydroxylation is 1. The number of nitrogens with one attached hydrogen (secondary N) is 1. The van der Waals surface area contributed by atoms with Crippen molar-refractivity contribution in [3.8, 4) is 0 Å². The number of thiazole rings is 1. The Morgan fingerprint density at radius 1 is 1.26 bits per heavy atom. The highest BCUT2D eigenvalue weighted by Crippen LogP contribution is 2.43. The van der Waals surface area contributed by atoms with Crippen LogP contribution in [0.2, 0.25) is 0 Å². The predicted octanol–water partition coefficient (Wildman–Crippen LogP) is 4.64. The fourth-order valence-electron chi connectivity index (χ4n) is 3.07. The minimum Gasteiger partial charge on any atom is -0.305 e. The Morgan fingerprint density at radius 3 is 2.68 bits per heavy atom. The van der Waals surface area contributed by atoms with E-state index in [1.165, 1.54) is 49.2 Å². The monoisotopic (exact) mass is 280 g/mol. The second kappa shape index (κ2) is 5.92. The molecule has 1 aromatic heterocycles. The molecule has 0 aromatic carbocycles. The van der Waals surface area contributed by atoms with Crippen molar-refractivity contribution in [2.24, 2.45) is 5.41 Å². The molecule has 19 heavy (non-hydrogen) atoms. The Bertz CT molecular complexity index is 411. The molecule has 1 heterocycles. The summed E-state index contributed by atoms with van der Waals surface area (Å²) >= 11 is 1.84. The van der Waals surface area contributed by atoms with Crippen LogP contribution in [0.25, 0.3) is 0 Å². The van der Waals surface area contributed by atoms with E-state index < -0.39 is 0 Å². The van der Waals surface area contributed by atoms with Crippen LogP contribution in [0.1, 0.15) is 70.0 Å². The standard InChI is InChI=1S/C16H28N2S/c1-5-11-17-16(14-18-13(2)12-19-14)8-6-7-15(3,4)9-10-16/h12,17H,5-11H2,1-4H3. The van der Waals surface area contributed by atoms with E-state index in [-0.39, 0.29) is 5.54 Å². The molecule has 108 valence electrons. The van der Waals surface area contributed by atoms with Gasteiger partial charge in [-0.05, 0) is 51.0 Å². The smallest absolute Gasteiger partial charge is 0.113 e. The number of nitrogens with zero attached hydrogens (tertiary/aromatic N) is 1. The SMILES string of the molecule is CCCNC1(c2nc(C)cs2)CCCC(C)(C)CC1. The lowest BCUT2D eigenvalue weighted by Crippen LogP contribution is -2.42. The molecule has 1 fully saturated rings. The summed E-state index contributed by atoms with van der Waals surface area (Å²) in [5.41, 5.74) is 1.80. The predicted molar refractivity (Wildman–Crippen MR) is 83.7 cm³/mol. The molecule has 1 unspecified atom stereocenters. The van der Waals surface area contributed by atoms with Crippen LogP contribution in [0.15, 0.2) is 5.38 Å². The zero-order valence-electron chi connectivity index (χ0n) is 12.9. The number of aromatic nitrogens is 1. The second-order valence-corrected chi connectivity index (χ2v) is 7.68. The fraction of sp³-hybridized carbons (Fsp3) is 0.812. The average molecular weight is 280 g/mol. The van der Waals surface area contributed by atoms with E-state index in [4.69, 9.17) is 4.98 Å². The summed E-state index contributed by atoms with van der Waals surface area (Å²) in [6.07, 6.45) is 7.60. The van der Waals surface area contributed by atoms with Gasteiger partial charge in [0.05, 0.1) is 5.54 Å². The van der Waals surface area contributed by atoms with Gasteiger partial charge in [-0.25, -0.2) is 4.98 Å². The lowest BCUT2D eigenvalue weighted by atomic mass is 9.83. The van der Waals surface area contributed by atoms with Crippen LogP contribution in [0.4, 0.5) is 0 Å². The highest BCUT2D eigenvalue weighted by Gasteiger charge is 2.38. The van der Waals surface area contributed by atoms with E-state index in [0.29, 0.717) is 5.41 Å². The van der Waals surface area contributed by atoms with Crippen molar-refractivity contribution in [2.75, 3.05) is 6.54 Å². The maximum atomic E-state index is 4.80. The molecule has 0 bridgehead atoms. The van der Waals surface area contributed by atoms with Gasteiger partial charge in [-0.3, -0.25) is 0 Å². The van der Waals surface area contributed by atoms with Crippen molar-refractivity contribution in [3.05, 3.63) is 16.1 Å². The quantitative estimate of drug-likeness (QED) is 0.813. The van der Waals surface area contributed by atoms with Crippen molar-refractivity contribution in [1.82, 2.24) is 10.3 Å². The molecule has 1 N–H and O–H groups in total. The van der Waals surface area contributed by atoms with Crippen LogP contribution >= 0.6 is 11.3 Å². The largest absolute Gasteiger partial charge is 0.305 e. The van der Waals surface area contributed by atoms with Gasteiger partial charge in [-0.1, -0.05) is 27.2 Å². The molecule has 1 saturated carbocycles. The van der Waals surface area contributed by atoms with E-state index in [1.54, 1.807) is 0 Å². The highest BCUT2D eigenvalue weighted by molar-refractivity contribution is 7.09. The third-order valence-electron chi connectivity index (χ3n) is 4.43. The highest BCUT2D eigenvalue weighted by atomic mass is 32.1. The first-order valence-corrected chi connectivity index (χ1v) is 8.53. The molecule has 1 aliphatic carbocycles. The Labute approximate surface area is 122 Å². The van der Waals surface area contributed by atoms with Gasteiger partial charge in [0.25, 0.3) is 0 Å². The second-order valence-electron chi connectivity index (χ2n) is 6.82. The minimum absolute atomic E-state index is 0.142. The third-order valence-corrected chi connectivity index (χ3v) is 5.59. The third kappa shape index (κ3) is 3.57. The van der Waals surface area contributed by atoms with Gasteiger partial charge in [-0.2, -0.15) is 0 Å². The normalized spacial score (nSPS) is 27.2. The zero-order valence-corrected chi connectivity index (χ0v) is 13.7. The number of rotatable bonds is 4. The zero-order chi connectivity index (χ0) is 13.9. The van der Waals surface area contributed by atoms with Crippen molar-refractivity contribution >= 4 is 11.3 Å². The van der Waals surface area contributed by atoms with E-state index >= 15 is 0 Å². The van der Waals surface area contributed by atoms with E-state index in [2.05, 4.69) is 38.4 Å². The molecule has 1 aliphatic rings. The number of hydrogen-bond acceptors (Lipinski definition) is 3. The van der Waals surface area contributed by atoms with Gasteiger partial charge in [0, 0.05) is 11.1 Å². The molecule has 0 aliphatic heterocycles. The maximum Gasteiger partial charge on any atom is 0.113 e. The van der Waals surface area contributed by atoms with Gasteiger partial charge in [0.15, 0.2) is 0 Å². The maximum absolute atomic E-state index is 4.80. The molecular formula is C16H28N2S. The van der Waals surface area contributed by atoms with Crippen molar-refractivity contribution < 1.29 is 0 Å². The molecule has 0 amide bonds. The average Bonchev–Trinajstić information content (AvgIpc) is 2.72. The Hall–Kier alpha value is -0.410. The van der Waals surface area contributed by atoms with Crippen LogP contribution in [-0.4, -0.2) is 11.5 Å². The lowest BCUT2D eigenvalue weighted by Gasteiger charge is -2.33. The summed E-state index contributed by atoms with van der Waals surface area (Å²) in [6.45, 7) is 10.3. The topological polar surface area (TPSA) is 24.9 Å². The summed E-state index contributed by atoms with van der Waals surface area (Å²) in [4.78, 5) is 4.80.